The molecule has 0 atom stereocenters. The minimum absolute atomic E-state index is 0.0822. The van der Waals surface area contributed by atoms with E-state index < -0.39 is 0 Å². The van der Waals surface area contributed by atoms with E-state index in [-0.39, 0.29) is 5.91 Å². The maximum Gasteiger partial charge on any atom is 0.256 e. The van der Waals surface area contributed by atoms with Gasteiger partial charge in [0.1, 0.15) is 5.75 Å². The zero-order valence-electron chi connectivity index (χ0n) is 12.7. The molecule has 2 heterocycles. The Morgan fingerprint density at radius 1 is 1.17 bits per heavy atom. The third-order valence-corrected chi connectivity index (χ3v) is 4.01. The first-order valence-corrected chi connectivity index (χ1v) is 7.62. The van der Waals surface area contributed by atoms with E-state index in [1.54, 1.807) is 0 Å². The van der Waals surface area contributed by atoms with Crippen LogP contribution in [0.5, 0.6) is 5.75 Å². The molecule has 3 aromatic rings. The molecule has 1 aliphatic heterocycles. The van der Waals surface area contributed by atoms with Gasteiger partial charge >= 0.3 is 0 Å². The number of anilines is 1. The number of benzene rings is 2. The molecular formula is C19H16N2O2. The summed E-state index contributed by atoms with van der Waals surface area (Å²) in [6, 6.07) is 13.7. The Hall–Kier alpha value is -3.01. The zero-order valence-corrected chi connectivity index (χ0v) is 12.7. The molecule has 4 rings (SSSR count). The molecule has 4 nitrogen and oxygen atoms in total. The van der Waals surface area contributed by atoms with Crippen molar-refractivity contribution in [1.82, 2.24) is 4.98 Å². The van der Waals surface area contributed by atoms with Gasteiger partial charge in [-0.3, -0.25) is 4.79 Å². The molecule has 2 aromatic carbocycles. The maximum absolute atomic E-state index is 12.4. The standard InChI is InChI=1S/C19H16N2O2/c1-2-23-13-6-7-15-16(19(22)21-18(15)11-13)10-12-4-3-5-17-14(12)8-9-20-17/h3-11,20H,2H2,1H3,(H,21,22). The van der Waals surface area contributed by atoms with Gasteiger partial charge in [0.05, 0.1) is 12.3 Å². The highest BCUT2D eigenvalue weighted by Gasteiger charge is 2.24. The highest BCUT2D eigenvalue weighted by atomic mass is 16.5. The van der Waals surface area contributed by atoms with E-state index in [1.807, 2.05) is 61.7 Å². The van der Waals surface area contributed by atoms with Gasteiger partial charge in [0.2, 0.25) is 0 Å². The summed E-state index contributed by atoms with van der Waals surface area (Å²) in [7, 11) is 0. The van der Waals surface area contributed by atoms with E-state index in [4.69, 9.17) is 4.74 Å². The molecular weight excluding hydrogens is 288 g/mol. The van der Waals surface area contributed by atoms with E-state index in [0.717, 1.165) is 33.5 Å². The molecule has 0 bridgehead atoms. The Labute approximate surface area is 133 Å². The topological polar surface area (TPSA) is 54.1 Å². The van der Waals surface area contributed by atoms with Crippen LogP contribution in [0.4, 0.5) is 5.69 Å². The number of fused-ring (bicyclic) bond motifs is 2. The molecule has 0 aliphatic carbocycles. The van der Waals surface area contributed by atoms with Crippen LogP contribution in [0, 0.1) is 0 Å². The van der Waals surface area contributed by atoms with Gasteiger partial charge in [-0.05, 0) is 42.8 Å². The van der Waals surface area contributed by atoms with Crippen molar-refractivity contribution in [2.24, 2.45) is 0 Å². The number of amides is 1. The number of hydrogen-bond acceptors (Lipinski definition) is 2. The van der Waals surface area contributed by atoms with Gasteiger partial charge in [-0.1, -0.05) is 12.1 Å². The SMILES string of the molecule is CCOc1ccc2c(c1)NC(=O)C2=Cc1cccc2[nH]ccc12. The highest BCUT2D eigenvalue weighted by molar-refractivity contribution is 6.35. The average molecular weight is 304 g/mol. The van der Waals surface area contributed by atoms with E-state index in [9.17, 15) is 4.79 Å². The van der Waals surface area contributed by atoms with Crippen LogP contribution in [0.2, 0.25) is 0 Å². The number of aromatic nitrogens is 1. The number of rotatable bonds is 3. The summed E-state index contributed by atoms with van der Waals surface area (Å²) < 4.78 is 5.49. The van der Waals surface area contributed by atoms with Crippen LogP contribution < -0.4 is 10.1 Å². The molecule has 2 N–H and O–H groups in total. The Bertz CT molecular complexity index is 937. The summed E-state index contributed by atoms with van der Waals surface area (Å²) in [6.07, 6.45) is 3.85. The Morgan fingerprint density at radius 3 is 2.96 bits per heavy atom. The largest absolute Gasteiger partial charge is 0.494 e. The summed E-state index contributed by atoms with van der Waals surface area (Å²) in [6.45, 7) is 2.54. The first-order chi connectivity index (χ1) is 11.3. The number of H-pyrrole nitrogens is 1. The van der Waals surface area contributed by atoms with Gasteiger partial charge in [-0.25, -0.2) is 0 Å². The molecule has 0 unspecified atom stereocenters. The second-order valence-corrected chi connectivity index (χ2v) is 5.44. The monoisotopic (exact) mass is 304 g/mol. The number of carbonyl (C=O) groups is 1. The lowest BCUT2D eigenvalue weighted by Crippen LogP contribution is -2.03. The van der Waals surface area contributed by atoms with Gasteiger partial charge in [-0.2, -0.15) is 0 Å². The predicted molar refractivity (Wildman–Crippen MR) is 92.4 cm³/mol. The lowest BCUT2D eigenvalue weighted by molar-refractivity contribution is -0.110. The van der Waals surface area contributed by atoms with Crippen molar-refractivity contribution in [2.45, 2.75) is 6.92 Å². The van der Waals surface area contributed by atoms with Crippen LogP contribution in [0.15, 0.2) is 48.7 Å². The summed E-state index contributed by atoms with van der Waals surface area (Å²) in [5, 5.41) is 4.02. The fraction of sp³-hybridized carbons (Fsp3) is 0.105. The predicted octanol–water partition coefficient (Wildman–Crippen LogP) is 4.06. The van der Waals surface area contributed by atoms with Crippen molar-refractivity contribution < 1.29 is 9.53 Å². The normalized spacial score (nSPS) is 15.0. The maximum atomic E-state index is 12.4. The quantitative estimate of drug-likeness (QED) is 0.717. The Balaban J connectivity index is 1.81. The summed E-state index contributed by atoms with van der Waals surface area (Å²) in [5.74, 6) is 0.682. The fourth-order valence-corrected chi connectivity index (χ4v) is 2.96. The van der Waals surface area contributed by atoms with E-state index in [0.29, 0.717) is 12.2 Å². The van der Waals surface area contributed by atoms with Crippen LogP contribution in [0.1, 0.15) is 18.1 Å². The van der Waals surface area contributed by atoms with Gasteiger partial charge < -0.3 is 15.0 Å². The zero-order chi connectivity index (χ0) is 15.8. The molecule has 0 spiro atoms. The Morgan fingerprint density at radius 2 is 2.09 bits per heavy atom. The van der Waals surface area contributed by atoms with Crippen molar-refractivity contribution in [3.8, 4) is 5.75 Å². The van der Waals surface area contributed by atoms with Gasteiger partial charge in [0.15, 0.2) is 0 Å². The molecule has 0 saturated carbocycles. The summed E-state index contributed by atoms with van der Waals surface area (Å²) >= 11 is 0. The van der Waals surface area contributed by atoms with Gasteiger partial charge in [0.25, 0.3) is 5.91 Å². The number of nitrogens with one attached hydrogen (secondary N) is 2. The van der Waals surface area contributed by atoms with Crippen LogP contribution >= 0.6 is 0 Å². The molecule has 1 aliphatic rings. The van der Waals surface area contributed by atoms with Crippen LogP contribution in [-0.2, 0) is 4.79 Å². The molecule has 114 valence electrons. The minimum Gasteiger partial charge on any atom is -0.494 e. The van der Waals surface area contributed by atoms with Crippen molar-refractivity contribution in [3.63, 3.8) is 0 Å². The van der Waals surface area contributed by atoms with Gasteiger partial charge in [0, 0.05) is 34.3 Å². The summed E-state index contributed by atoms with van der Waals surface area (Å²) in [5.41, 5.74) is 4.47. The first-order valence-electron chi connectivity index (χ1n) is 7.62. The van der Waals surface area contributed by atoms with E-state index in [1.165, 1.54) is 0 Å². The molecule has 0 saturated heterocycles. The third-order valence-electron chi connectivity index (χ3n) is 4.01. The molecule has 4 heteroatoms. The molecule has 0 radical (unpaired) electrons. The third kappa shape index (κ3) is 2.28. The lowest BCUT2D eigenvalue weighted by atomic mass is 10.0. The lowest BCUT2D eigenvalue weighted by Gasteiger charge is -2.05. The molecule has 1 aromatic heterocycles. The molecule has 0 fully saturated rings. The van der Waals surface area contributed by atoms with Crippen molar-refractivity contribution in [2.75, 3.05) is 11.9 Å². The fourth-order valence-electron chi connectivity index (χ4n) is 2.96. The Kier molecular flexibility index (Phi) is 3.15. The molecule has 1 amide bonds. The number of aromatic amines is 1. The second kappa shape index (κ2) is 5.32. The first kappa shape index (κ1) is 13.6. The second-order valence-electron chi connectivity index (χ2n) is 5.44. The average Bonchev–Trinajstić information content (AvgIpc) is 3.13. The highest BCUT2D eigenvalue weighted by Crippen LogP contribution is 2.36. The van der Waals surface area contributed by atoms with Crippen molar-refractivity contribution in [3.05, 3.63) is 59.8 Å². The summed E-state index contributed by atoms with van der Waals surface area (Å²) in [4.78, 5) is 15.5. The van der Waals surface area contributed by atoms with Crippen LogP contribution in [0.3, 0.4) is 0 Å². The van der Waals surface area contributed by atoms with E-state index in [2.05, 4.69) is 10.3 Å². The van der Waals surface area contributed by atoms with Gasteiger partial charge in [-0.15, -0.1) is 0 Å². The minimum atomic E-state index is -0.0822. The number of ether oxygens (including phenoxy) is 1. The van der Waals surface area contributed by atoms with Crippen LogP contribution in [0.25, 0.3) is 22.6 Å². The number of hydrogen-bond donors (Lipinski definition) is 2. The van der Waals surface area contributed by atoms with Crippen molar-refractivity contribution in [1.29, 1.82) is 0 Å². The van der Waals surface area contributed by atoms with Crippen molar-refractivity contribution >= 4 is 34.1 Å². The van der Waals surface area contributed by atoms with Crippen LogP contribution in [-0.4, -0.2) is 17.5 Å². The number of carbonyl (C=O) groups excluding carboxylic acids is 1. The van der Waals surface area contributed by atoms with E-state index >= 15 is 0 Å². The smallest absolute Gasteiger partial charge is 0.256 e. The molecule has 23 heavy (non-hydrogen) atoms.